The predicted molar refractivity (Wildman–Crippen MR) is 71.7 cm³/mol. The van der Waals surface area contributed by atoms with Gasteiger partial charge < -0.3 is 15.0 Å². The van der Waals surface area contributed by atoms with Gasteiger partial charge in [-0.05, 0) is 30.5 Å². The van der Waals surface area contributed by atoms with Crippen LogP contribution in [0, 0.1) is 0 Å². The van der Waals surface area contributed by atoms with Gasteiger partial charge in [0, 0.05) is 25.8 Å². The maximum absolute atomic E-state index is 11.3. The molecule has 1 aliphatic heterocycles. The summed E-state index contributed by atoms with van der Waals surface area (Å²) in [5.41, 5.74) is 3.92. The van der Waals surface area contributed by atoms with E-state index in [4.69, 9.17) is 0 Å². The highest BCUT2D eigenvalue weighted by molar-refractivity contribution is 5.75. The number of hydrogen-bond donors (Lipinski definition) is 1. The number of hydrogen-bond acceptors (Lipinski definition) is 4. The summed E-state index contributed by atoms with van der Waals surface area (Å²) in [7, 11) is 3.52. The summed E-state index contributed by atoms with van der Waals surface area (Å²) in [5, 5.41) is 3.16. The highest BCUT2D eigenvalue weighted by Crippen LogP contribution is 2.27. The van der Waals surface area contributed by atoms with Gasteiger partial charge in [-0.1, -0.05) is 12.1 Å². The standard InChI is InChI=1S/C14H20N2O2/c1-10(14(17)18-3)15-9-11-4-5-13-12(8-11)6-7-16(13)2/h4-5,8,10,15H,6-7,9H2,1-3H3/t10-/m0/s1. The Kier molecular flexibility index (Phi) is 3.87. The van der Waals surface area contributed by atoms with Crippen molar-refractivity contribution >= 4 is 11.7 Å². The number of esters is 1. The van der Waals surface area contributed by atoms with Gasteiger partial charge >= 0.3 is 5.97 Å². The van der Waals surface area contributed by atoms with Gasteiger partial charge in [0.1, 0.15) is 6.04 Å². The smallest absolute Gasteiger partial charge is 0.322 e. The van der Waals surface area contributed by atoms with E-state index in [1.54, 1.807) is 0 Å². The summed E-state index contributed by atoms with van der Waals surface area (Å²) in [4.78, 5) is 13.5. The normalized spacial score (nSPS) is 15.4. The molecule has 4 nitrogen and oxygen atoms in total. The van der Waals surface area contributed by atoms with Gasteiger partial charge in [0.05, 0.1) is 7.11 Å². The molecule has 0 spiro atoms. The lowest BCUT2D eigenvalue weighted by Crippen LogP contribution is -2.34. The topological polar surface area (TPSA) is 41.6 Å². The molecule has 98 valence electrons. The van der Waals surface area contributed by atoms with E-state index in [1.165, 1.54) is 23.9 Å². The van der Waals surface area contributed by atoms with Crippen LogP contribution >= 0.6 is 0 Å². The molecule has 2 rings (SSSR count). The SMILES string of the molecule is COC(=O)[C@H](C)NCc1ccc2c(c1)CCN2C. The Bertz CT molecular complexity index is 445. The molecule has 0 aliphatic carbocycles. The summed E-state index contributed by atoms with van der Waals surface area (Å²) >= 11 is 0. The zero-order chi connectivity index (χ0) is 13.1. The number of fused-ring (bicyclic) bond motifs is 1. The van der Waals surface area contributed by atoms with E-state index in [0.29, 0.717) is 6.54 Å². The highest BCUT2D eigenvalue weighted by Gasteiger charge is 2.16. The van der Waals surface area contributed by atoms with Gasteiger partial charge in [0.2, 0.25) is 0 Å². The average molecular weight is 248 g/mol. The number of anilines is 1. The molecule has 1 atom stereocenters. The predicted octanol–water partition coefficient (Wildman–Crippen LogP) is 1.33. The van der Waals surface area contributed by atoms with Crippen LogP contribution in [0.1, 0.15) is 18.1 Å². The maximum Gasteiger partial charge on any atom is 0.322 e. The fourth-order valence-electron chi connectivity index (χ4n) is 2.26. The Morgan fingerprint density at radius 3 is 3.06 bits per heavy atom. The molecule has 18 heavy (non-hydrogen) atoms. The molecule has 0 saturated carbocycles. The summed E-state index contributed by atoms with van der Waals surface area (Å²) < 4.78 is 4.68. The number of methoxy groups -OCH3 is 1. The Morgan fingerprint density at radius 1 is 1.56 bits per heavy atom. The second-order valence-electron chi connectivity index (χ2n) is 4.76. The molecule has 1 aromatic carbocycles. The summed E-state index contributed by atoms with van der Waals surface area (Å²) in [5.74, 6) is -0.226. The second-order valence-corrected chi connectivity index (χ2v) is 4.76. The Morgan fingerprint density at radius 2 is 2.33 bits per heavy atom. The minimum Gasteiger partial charge on any atom is -0.468 e. The van der Waals surface area contributed by atoms with Crippen LogP contribution < -0.4 is 10.2 Å². The maximum atomic E-state index is 11.3. The van der Waals surface area contributed by atoms with Crippen molar-refractivity contribution in [3.8, 4) is 0 Å². The van der Waals surface area contributed by atoms with Crippen molar-refractivity contribution in [2.24, 2.45) is 0 Å². The van der Waals surface area contributed by atoms with Crippen molar-refractivity contribution in [3.63, 3.8) is 0 Å². The molecule has 0 bridgehead atoms. The fourth-order valence-corrected chi connectivity index (χ4v) is 2.26. The number of carbonyl (C=O) groups excluding carboxylic acids is 1. The van der Waals surface area contributed by atoms with Crippen LogP contribution in [0.4, 0.5) is 5.69 Å². The van der Waals surface area contributed by atoms with Gasteiger partial charge in [-0.15, -0.1) is 0 Å². The van der Waals surface area contributed by atoms with E-state index >= 15 is 0 Å². The zero-order valence-corrected chi connectivity index (χ0v) is 11.2. The van der Waals surface area contributed by atoms with Gasteiger partial charge in [-0.3, -0.25) is 4.79 Å². The van der Waals surface area contributed by atoms with E-state index < -0.39 is 0 Å². The first kappa shape index (κ1) is 12.9. The first-order chi connectivity index (χ1) is 8.61. The molecule has 1 heterocycles. The van der Waals surface area contributed by atoms with Crippen molar-refractivity contribution < 1.29 is 9.53 Å². The number of carbonyl (C=O) groups is 1. The third-order valence-corrected chi connectivity index (χ3v) is 3.44. The van der Waals surface area contributed by atoms with Gasteiger partial charge in [0.25, 0.3) is 0 Å². The highest BCUT2D eigenvalue weighted by atomic mass is 16.5. The van der Waals surface area contributed by atoms with Crippen LogP contribution in [-0.4, -0.2) is 32.7 Å². The molecule has 0 amide bonds. The monoisotopic (exact) mass is 248 g/mol. The zero-order valence-electron chi connectivity index (χ0n) is 11.2. The molecule has 0 radical (unpaired) electrons. The van der Waals surface area contributed by atoms with Crippen LogP contribution in [0.15, 0.2) is 18.2 Å². The molecule has 0 fully saturated rings. The van der Waals surface area contributed by atoms with E-state index in [2.05, 4.69) is 40.2 Å². The van der Waals surface area contributed by atoms with Crippen LogP contribution in [0.25, 0.3) is 0 Å². The molecular weight excluding hydrogens is 228 g/mol. The average Bonchev–Trinajstić information content (AvgIpc) is 2.76. The van der Waals surface area contributed by atoms with Gasteiger partial charge in [-0.2, -0.15) is 0 Å². The summed E-state index contributed by atoms with van der Waals surface area (Å²) in [6.07, 6.45) is 1.10. The number of rotatable bonds is 4. The lowest BCUT2D eigenvalue weighted by atomic mass is 10.1. The second kappa shape index (κ2) is 5.40. The van der Waals surface area contributed by atoms with E-state index in [0.717, 1.165) is 13.0 Å². The molecule has 1 aliphatic rings. The molecule has 0 unspecified atom stereocenters. The minimum atomic E-state index is -0.272. The van der Waals surface area contributed by atoms with Crippen LogP contribution in [0.3, 0.4) is 0 Å². The molecule has 0 saturated heterocycles. The molecule has 4 heteroatoms. The van der Waals surface area contributed by atoms with Crippen LogP contribution in [0.5, 0.6) is 0 Å². The molecule has 1 aromatic rings. The number of ether oxygens (including phenoxy) is 1. The lowest BCUT2D eigenvalue weighted by molar-refractivity contribution is -0.142. The quantitative estimate of drug-likeness (QED) is 0.816. The summed E-state index contributed by atoms with van der Waals surface area (Å²) in [6, 6.07) is 6.21. The van der Waals surface area contributed by atoms with Crippen LogP contribution in [-0.2, 0) is 22.5 Å². The van der Waals surface area contributed by atoms with Gasteiger partial charge in [0.15, 0.2) is 0 Å². The van der Waals surface area contributed by atoms with Crippen molar-refractivity contribution in [2.75, 3.05) is 25.6 Å². The van der Waals surface area contributed by atoms with E-state index in [1.807, 2.05) is 6.92 Å². The Hall–Kier alpha value is -1.55. The van der Waals surface area contributed by atoms with Crippen LogP contribution in [0.2, 0.25) is 0 Å². The first-order valence-electron chi connectivity index (χ1n) is 6.26. The minimum absolute atomic E-state index is 0.226. The third-order valence-electron chi connectivity index (χ3n) is 3.44. The largest absolute Gasteiger partial charge is 0.468 e. The third kappa shape index (κ3) is 2.64. The number of nitrogens with one attached hydrogen (secondary N) is 1. The van der Waals surface area contributed by atoms with E-state index in [9.17, 15) is 4.79 Å². The van der Waals surface area contributed by atoms with Crippen molar-refractivity contribution in [1.82, 2.24) is 5.32 Å². The lowest BCUT2D eigenvalue weighted by Gasteiger charge is -2.14. The van der Waals surface area contributed by atoms with Crippen molar-refractivity contribution in [1.29, 1.82) is 0 Å². The number of benzene rings is 1. The fraction of sp³-hybridized carbons (Fsp3) is 0.500. The van der Waals surface area contributed by atoms with Gasteiger partial charge in [-0.25, -0.2) is 0 Å². The number of likely N-dealkylation sites (N-methyl/N-ethyl adjacent to an activating group) is 1. The first-order valence-corrected chi connectivity index (χ1v) is 6.26. The van der Waals surface area contributed by atoms with Crippen molar-refractivity contribution in [2.45, 2.75) is 25.9 Å². The number of nitrogens with zero attached hydrogens (tertiary/aromatic N) is 1. The summed E-state index contributed by atoms with van der Waals surface area (Å²) in [6.45, 7) is 3.59. The Labute approximate surface area is 108 Å². The Balaban J connectivity index is 1.97. The van der Waals surface area contributed by atoms with Crippen molar-refractivity contribution in [3.05, 3.63) is 29.3 Å². The molecule has 1 N–H and O–H groups in total. The van der Waals surface area contributed by atoms with E-state index in [-0.39, 0.29) is 12.0 Å². The molecular formula is C14H20N2O2. The molecule has 0 aromatic heterocycles.